The van der Waals surface area contributed by atoms with Crippen molar-refractivity contribution in [1.29, 1.82) is 0 Å². The van der Waals surface area contributed by atoms with Gasteiger partial charge in [0, 0.05) is 19.2 Å². The van der Waals surface area contributed by atoms with Gasteiger partial charge in [-0.3, -0.25) is 4.79 Å². The highest BCUT2D eigenvalue weighted by molar-refractivity contribution is 5.91. The summed E-state index contributed by atoms with van der Waals surface area (Å²) in [5, 5.41) is 4.35. The normalized spacial score (nSPS) is 18.5. The predicted octanol–water partition coefficient (Wildman–Crippen LogP) is 1.74. The topological polar surface area (TPSA) is 73.4 Å². The molecule has 1 aliphatic rings. The molecule has 3 rings (SSSR count). The van der Waals surface area contributed by atoms with Gasteiger partial charge in [-0.25, -0.2) is 9.67 Å². The van der Waals surface area contributed by atoms with Gasteiger partial charge >= 0.3 is 0 Å². The second-order valence-corrected chi connectivity index (χ2v) is 5.95. The zero-order valence-corrected chi connectivity index (χ0v) is 14.2. The zero-order chi connectivity index (χ0) is 17.1. The van der Waals surface area contributed by atoms with Crippen molar-refractivity contribution in [2.24, 2.45) is 0 Å². The molecule has 1 aliphatic heterocycles. The number of aromatic nitrogens is 3. The molecule has 0 radical (unpaired) electrons. The number of aryl methyl sites for hydroxylation is 3. The first-order valence-corrected chi connectivity index (χ1v) is 8.04. The molecule has 0 spiro atoms. The summed E-state index contributed by atoms with van der Waals surface area (Å²) < 4.78 is 13.0. The molecule has 2 aromatic heterocycles. The largest absolute Gasteiger partial charge is 0.462 e. The molecule has 1 unspecified atom stereocenters. The summed E-state index contributed by atoms with van der Waals surface area (Å²) in [6.45, 7) is 7.90. The van der Waals surface area contributed by atoms with Gasteiger partial charge in [-0.05, 0) is 39.0 Å². The lowest BCUT2D eigenvalue weighted by molar-refractivity contribution is -0.134. The summed E-state index contributed by atoms with van der Waals surface area (Å²) in [5.74, 6) is 3.07. The number of furan rings is 1. The average Bonchev–Trinajstić information content (AvgIpc) is 3.10. The van der Waals surface area contributed by atoms with Crippen LogP contribution >= 0.6 is 0 Å². The Morgan fingerprint density at radius 1 is 1.38 bits per heavy atom. The highest BCUT2D eigenvalue weighted by Gasteiger charge is 2.24. The predicted molar refractivity (Wildman–Crippen MR) is 88.3 cm³/mol. The van der Waals surface area contributed by atoms with E-state index in [1.165, 1.54) is 0 Å². The molecular weight excluding hydrogens is 308 g/mol. The first-order chi connectivity index (χ1) is 11.5. The van der Waals surface area contributed by atoms with Gasteiger partial charge in [-0.15, -0.1) is 0 Å². The van der Waals surface area contributed by atoms with Gasteiger partial charge in [-0.1, -0.05) is 0 Å². The van der Waals surface area contributed by atoms with E-state index in [4.69, 9.17) is 9.15 Å². The molecule has 24 heavy (non-hydrogen) atoms. The highest BCUT2D eigenvalue weighted by Crippen LogP contribution is 2.11. The van der Waals surface area contributed by atoms with Gasteiger partial charge in [0.1, 0.15) is 23.2 Å². The maximum atomic E-state index is 12.4. The van der Waals surface area contributed by atoms with Crippen LogP contribution in [0, 0.1) is 20.8 Å². The van der Waals surface area contributed by atoms with Crippen molar-refractivity contribution in [2.45, 2.75) is 33.4 Å². The van der Waals surface area contributed by atoms with Crippen molar-refractivity contribution < 1.29 is 13.9 Å². The van der Waals surface area contributed by atoms with Gasteiger partial charge in [-0.2, -0.15) is 5.10 Å². The number of carbonyl (C=O) groups excluding carboxylic acids is 1. The van der Waals surface area contributed by atoms with Crippen LogP contribution in [-0.2, 0) is 16.1 Å². The second-order valence-electron chi connectivity index (χ2n) is 5.95. The fraction of sp³-hybridized carbons (Fsp3) is 0.471. The Morgan fingerprint density at radius 2 is 2.21 bits per heavy atom. The number of nitrogens with zero attached hydrogens (tertiary/aromatic N) is 4. The van der Waals surface area contributed by atoms with E-state index in [1.54, 1.807) is 17.1 Å². The quantitative estimate of drug-likeness (QED) is 0.798. The van der Waals surface area contributed by atoms with Crippen LogP contribution in [-0.4, -0.2) is 51.4 Å². The van der Waals surface area contributed by atoms with Crippen LogP contribution in [0.3, 0.4) is 0 Å². The number of hydrogen-bond acceptors (Lipinski definition) is 5. The number of morpholine rings is 1. The first kappa shape index (κ1) is 16.4. The number of hydrogen-bond donors (Lipinski definition) is 0. The molecule has 1 saturated heterocycles. The summed E-state index contributed by atoms with van der Waals surface area (Å²) in [5.41, 5.74) is 0. The minimum absolute atomic E-state index is 0.0381. The molecule has 0 aliphatic carbocycles. The third-order valence-electron chi connectivity index (χ3n) is 3.94. The lowest BCUT2D eigenvalue weighted by Gasteiger charge is -2.32. The minimum atomic E-state index is -0.0817. The van der Waals surface area contributed by atoms with Crippen molar-refractivity contribution in [1.82, 2.24) is 19.7 Å². The Morgan fingerprint density at radius 3 is 2.88 bits per heavy atom. The standard InChI is InChI=1S/C17H22N4O3/c1-12-4-5-15(24-12)6-7-17(22)20-8-9-23-16(10-20)11-21-14(3)18-13(2)19-21/h4-7,16H,8-11H2,1-3H3/b7-6+. The van der Waals surface area contributed by atoms with Crippen LogP contribution in [0.5, 0.6) is 0 Å². The first-order valence-electron chi connectivity index (χ1n) is 8.04. The number of carbonyl (C=O) groups is 1. The Kier molecular flexibility index (Phi) is 4.80. The van der Waals surface area contributed by atoms with Crippen LogP contribution in [0.2, 0.25) is 0 Å². The molecule has 1 fully saturated rings. The van der Waals surface area contributed by atoms with Crippen LogP contribution < -0.4 is 0 Å². The number of rotatable bonds is 4. The second kappa shape index (κ2) is 7.00. The van der Waals surface area contributed by atoms with Gasteiger partial charge in [0.2, 0.25) is 5.91 Å². The van der Waals surface area contributed by atoms with E-state index < -0.39 is 0 Å². The van der Waals surface area contributed by atoms with Gasteiger partial charge in [0.15, 0.2) is 0 Å². The summed E-state index contributed by atoms with van der Waals surface area (Å²) in [7, 11) is 0. The SMILES string of the molecule is Cc1nc(C)n(CC2CN(C(=O)/C=C/c3ccc(C)o3)CCO2)n1. The van der Waals surface area contributed by atoms with E-state index in [2.05, 4.69) is 10.1 Å². The molecular formula is C17H22N4O3. The molecule has 1 atom stereocenters. The van der Waals surface area contributed by atoms with E-state index >= 15 is 0 Å². The molecule has 128 valence electrons. The van der Waals surface area contributed by atoms with Gasteiger partial charge < -0.3 is 14.1 Å². The zero-order valence-electron chi connectivity index (χ0n) is 14.2. The van der Waals surface area contributed by atoms with Crippen molar-refractivity contribution in [3.05, 3.63) is 41.4 Å². The fourth-order valence-corrected chi connectivity index (χ4v) is 2.76. The summed E-state index contributed by atoms with van der Waals surface area (Å²) in [4.78, 5) is 18.4. The average molecular weight is 330 g/mol. The van der Waals surface area contributed by atoms with E-state index in [1.807, 2.05) is 37.6 Å². The van der Waals surface area contributed by atoms with Crippen molar-refractivity contribution in [2.75, 3.05) is 19.7 Å². The lowest BCUT2D eigenvalue weighted by Crippen LogP contribution is -2.46. The summed E-state index contributed by atoms with van der Waals surface area (Å²) in [6, 6.07) is 3.72. The maximum Gasteiger partial charge on any atom is 0.246 e. The molecule has 7 heteroatoms. The van der Waals surface area contributed by atoms with Crippen molar-refractivity contribution >= 4 is 12.0 Å². The van der Waals surface area contributed by atoms with Crippen molar-refractivity contribution in [3.63, 3.8) is 0 Å². The van der Waals surface area contributed by atoms with Crippen LogP contribution in [0.15, 0.2) is 22.6 Å². The smallest absolute Gasteiger partial charge is 0.246 e. The third kappa shape index (κ3) is 3.91. The minimum Gasteiger partial charge on any atom is -0.462 e. The molecule has 0 bridgehead atoms. The third-order valence-corrected chi connectivity index (χ3v) is 3.94. The summed E-state index contributed by atoms with van der Waals surface area (Å²) in [6.07, 6.45) is 3.16. The van der Waals surface area contributed by atoms with Crippen LogP contribution in [0.1, 0.15) is 23.2 Å². The Balaban J connectivity index is 1.59. The lowest BCUT2D eigenvalue weighted by atomic mass is 10.2. The Labute approximate surface area is 140 Å². The summed E-state index contributed by atoms with van der Waals surface area (Å²) >= 11 is 0. The molecule has 0 aromatic carbocycles. The van der Waals surface area contributed by atoms with E-state index in [0.717, 1.165) is 17.4 Å². The van der Waals surface area contributed by atoms with Crippen LogP contribution in [0.25, 0.3) is 6.08 Å². The van der Waals surface area contributed by atoms with Crippen LogP contribution in [0.4, 0.5) is 0 Å². The van der Waals surface area contributed by atoms with Crippen molar-refractivity contribution in [3.8, 4) is 0 Å². The monoisotopic (exact) mass is 330 g/mol. The Hall–Kier alpha value is -2.41. The molecule has 7 nitrogen and oxygen atoms in total. The van der Waals surface area contributed by atoms with E-state index in [-0.39, 0.29) is 12.0 Å². The van der Waals surface area contributed by atoms with Gasteiger partial charge in [0.05, 0.1) is 19.3 Å². The number of ether oxygens (including phenoxy) is 1. The molecule has 0 N–H and O–H groups in total. The molecule has 1 amide bonds. The molecule has 3 heterocycles. The van der Waals surface area contributed by atoms with E-state index in [9.17, 15) is 4.79 Å². The van der Waals surface area contributed by atoms with Gasteiger partial charge in [0.25, 0.3) is 0 Å². The Bertz CT molecular complexity index is 747. The number of amides is 1. The highest BCUT2D eigenvalue weighted by atomic mass is 16.5. The molecule has 0 saturated carbocycles. The maximum absolute atomic E-state index is 12.4. The fourth-order valence-electron chi connectivity index (χ4n) is 2.76. The molecule has 2 aromatic rings. The van der Waals surface area contributed by atoms with E-state index in [0.29, 0.717) is 32.0 Å².